The molecule has 16 heavy (non-hydrogen) atoms. The lowest BCUT2D eigenvalue weighted by Crippen LogP contribution is -2.27. The molecule has 1 heterocycles. The minimum atomic E-state index is -4.66. The smallest absolute Gasteiger partial charge is 0.449 e. The molecular formula is C11H14BF3N-. The number of rotatable bonds is 3. The quantitative estimate of drug-likeness (QED) is 0.718. The molecule has 0 radical (unpaired) electrons. The van der Waals surface area contributed by atoms with Gasteiger partial charge in [-0.3, -0.25) is 0 Å². The van der Waals surface area contributed by atoms with Gasteiger partial charge < -0.3 is 17.8 Å². The molecule has 0 spiro atoms. The van der Waals surface area contributed by atoms with E-state index in [9.17, 15) is 12.9 Å². The molecule has 1 aromatic rings. The average Bonchev–Trinajstić information content (AvgIpc) is 2.67. The predicted octanol–water partition coefficient (Wildman–Crippen LogP) is 3.11. The summed E-state index contributed by atoms with van der Waals surface area (Å²) in [5.74, 6) is -1.08. The summed E-state index contributed by atoms with van der Waals surface area (Å²) in [5, 5.41) is 0. The topological polar surface area (TPSA) is 3.24 Å². The van der Waals surface area contributed by atoms with E-state index >= 15 is 0 Å². The maximum atomic E-state index is 12.5. The Labute approximate surface area is 93.3 Å². The summed E-state index contributed by atoms with van der Waals surface area (Å²) in [6.07, 6.45) is 0.260. The molecule has 0 amide bonds. The lowest BCUT2D eigenvalue weighted by Gasteiger charge is -2.22. The number of hydrogen-bond acceptors (Lipinski definition) is 1. The Balaban J connectivity index is 1.91. The van der Waals surface area contributed by atoms with Crippen LogP contribution in [0.1, 0.15) is 12.0 Å². The highest BCUT2D eigenvalue weighted by molar-refractivity contribution is 6.60. The van der Waals surface area contributed by atoms with Crippen LogP contribution < -0.4 is 0 Å². The Bertz CT molecular complexity index is 339. The molecule has 2 rings (SSSR count). The molecule has 5 heteroatoms. The second-order valence-corrected chi connectivity index (χ2v) is 4.39. The van der Waals surface area contributed by atoms with Gasteiger partial charge in [0.15, 0.2) is 0 Å². The van der Waals surface area contributed by atoms with Crippen molar-refractivity contribution in [3.8, 4) is 0 Å². The van der Waals surface area contributed by atoms with Crippen molar-refractivity contribution in [2.75, 3.05) is 13.1 Å². The Morgan fingerprint density at radius 3 is 2.44 bits per heavy atom. The molecule has 0 bridgehead atoms. The van der Waals surface area contributed by atoms with Crippen LogP contribution >= 0.6 is 0 Å². The molecule has 1 atom stereocenters. The van der Waals surface area contributed by atoms with Gasteiger partial charge in [-0.05, 0) is 18.7 Å². The zero-order valence-electron chi connectivity index (χ0n) is 8.95. The largest absolute Gasteiger partial charge is 0.482 e. The molecule has 1 aliphatic rings. The van der Waals surface area contributed by atoms with Gasteiger partial charge in [0.05, 0.1) is 0 Å². The summed E-state index contributed by atoms with van der Waals surface area (Å²) in [5.41, 5.74) is 1.08. The minimum absolute atomic E-state index is 0.165. The van der Waals surface area contributed by atoms with Crippen molar-refractivity contribution in [2.45, 2.75) is 18.8 Å². The second kappa shape index (κ2) is 4.49. The summed E-state index contributed by atoms with van der Waals surface area (Å²) < 4.78 is 37.5. The highest BCUT2D eigenvalue weighted by atomic mass is 19.4. The lowest BCUT2D eigenvalue weighted by atomic mass is 9.72. The predicted molar refractivity (Wildman–Crippen MR) is 59.2 cm³/mol. The van der Waals surface area contributed by atoms with Crippen LogP contribution in [0, 0.1) is 0 Å². The van der Waals surface area contributed by atoms with E-state index in [1.807, 2.05) is 35.2 Å². The van der Waals surface area contributed by atoms with Gasteiger partial charge in [0.1, 0.15) is 0 Å². The van der Waals surface area contributed by atoms with Crippen molar-refractivity contribution in [2.24, 2.45) is 0 Å². The van der Waals surface area contributed by atoms with Gasteiger partial charge in [0, 0.05) is 6.54 Å². The van der Waals surface area contributed by atoms with Crippen LogP contribution in [0.2, 0.25) is 5.82 Å². The van der Waals surface area contributed by atoms with Crippen LogP contribution in [0.4, 0.5) is 12.9 Å². The van der Waals surface area contributed by atoms with E-state index in [2.05, 4.69) is 0 Å². The van der Waals surface area contributed by atoms with Crippen LogP contribution in [0.5, 0.6) is 0 Å². The zero-order chi connectivity index (χ0) is 11.6. The van der Waals surface area contributed by atoms with E-state index in [1.165, 1.54) is 0 Å². The van der Waals surface area contributed by atoms with E-state index in [4.69, 9.17) is 0 Å². The van der Waals surface area contributed by atoms with Crippen LogP contribution in [-0.4, -0.2) is 25.0 Å². The molecule has 0 aromatic heterocycles. The molecule has 1 unspecified atom stereocenters. The second-order valence-electron chi connectivity index (χ2n) is 4.39. The minimum Gasteiger partial charge on any atom is -0.449 e. The van der Waals surface area contributed by atoms with Crippen molar-refractivity contribution < 1.29 is 12.9 Å². The van der Waals surface area contributed by atoms with Gasteiger partial charge in [-0.1, -0.05) is 42.6 Å². The van der Waals surface area contributed by atoms with Crippen LogP contribution in [-0.2, 0) is 6.54 Å². The first-order valence-electron chi connectivity index (χ1n) is 5.52. The molecule has 0 saturated carbocycles. The normalized spacial score (nSPS) is 22.6. The number of hydrogen-bond donors (Lipinski definition) is 0. The standard InChI is InChI=1S/C11H14BF3N/c13-12(14,15)11-6-7-16(9-11)8-10-4-2-1-3-5-10/h1-5,11H,6-9H2/q-1. The van der Waals surface area contributed by atoms with Crippen molar-refractivity contribution in [1.29, 1.82) is 0 Å². The highest BCUT2D eigenvalue weighted by Gasteiger charge is 2.38. The summed E-state index contributed by atoms with van der Waals surface area (Å²) in [6, 6.07) is 9.64. The molecule has 1 aliphatic heterocycles. The van der Waals surface area contributed by atoms with Crippen molar-refractivity contribution in [1.82, 2.24) is 4.90 Å². The zero-order valence-corrected chi connectivity index (χ0v) is 8.95. The fraction of sp³-hybridized carbons (Fsp3) is 0.455. The van der Waals surface area contributed by atoms with Crippen LogP contribution in [0.3, 0.4) is 0 Å². The third kappa shape index (κ3) is 2.79. The van der Waals surface area contributed by atoms with Crippen molar-refractivity contribution in [3.05, 3.63) is 35.9 Å². The molecular weight excluding hydrogens is 214 g/mol. The van der Waals surface area contributed by atoms with Crippen LogP contribution in [0.25, 0.3) is 0 Å². The number of halogens is 3. The van der Waals surface area contributed by atoms with Gasteiger partial charge in [0.2, 0.25) is 0 Å². The van der Waals surface area contributed by atoms with Gasteiger partial charge in [0.25, 0.3) is 0 Å². The summed E-state index contributed by atoms with van der Waals surface area (Å²) >= 11 is 0. The molecule has 1 fully saturated rings. The first-order valence-corrected chi connectivity index (χ1v) is 5.52. The third-order valence-electron chi connectivity index (χ3n) is 3.09. The average molecular weight is 228 g/mol. The molecule has 0 aliphatic carbocycles. The summed E-state index contributed by atoms with van der Waals surface area (Å²) in [4.78, 5) is 1.88. The highest BCUT2D eigenvalue weighted by Crippen LogP contribution is 2.35. The van der Waals surface area contributed by atoms with Gasteiger partial charge in [-0.15, -0.1) is 0 Å². The number of nitrogens with zero attached hydrogens (tertiary/aromatic N) is 1. The molecule has 88 valence electrons. The van der Waals surface area contributed by atoms with Gasteiger partial charge in [-0.2, -0.15) is 0 Å². The van der Waals surface area contributed by atoms with E-state index in [-0.39, 0.29) is 13.0 Å². The molecule has 1 nitrogen and oxygen atoms in total. The Kier molecular flexibility index (Phi) is 3.24. The van der Waals surface area contributed by atoms with Crippen LogP contribution in [0.15, 0.2) is 30.3 Å². The first kappa shape index (κ1) is 11.5. The summed E-state index contributed by atoms with van der Waals surface area (Å²) in [6.45, 7) is -3.31. The molecule has 1 saturated heterocycles. The fourth-order valence-electron chi connectivity index (χ4n) is 2.16. The Morgan fingerprint density at radius 1 is 1.19 bits per heavy atom. The van der Waals surface area contributed by atoms with Crippen molar-refractivity contribution in [3.63, 3.8) is 0 Å². The van der Waals surface area contributed by atoms with E-state index in [0.29, 0.717) is 13.1 Å². The Morgan fingerprint density at radius 2 is 1.88 bits per heavy atom. The van der Waals surface area contributed by atoms with Gasteiger partial charge >= 0.3 is 6.98 Å². The SMILES string of the molecule is F[B-](F)(F)C1CCN(Cc2ccccc2)C1. The fourth-order valence-corrected chi connectivity index (χ4v) is 2.16. The van der Waals surface area contributed by atoms with E-state index in [1.54, 1.807) is 0 Å². The first-order chi connectivity index (χ1) is 7.55. The molecule has 1 aromatic carbocycles. The van der Waals surface area contributed by atoms with E-state index in [0.717, 1.165) is 5.56 Å². The Hall–Kier alpha value is -0.965. The lowest BCUT2D eigenvalue weighted by molar-refractivity contribution is 0.323. The van der Waals surface area contributed by atoms with Crippen molar-refractivity contribution >= 4 is 6.98 Å². The summed E-state index contributed by atoms with van der Waals surface area (Å²) in [7, 11) is 0. The number of benzene rings is 1. The van der Waals surface area contributed by atoms with E-state index < -0.39 is 12.8 Å². The number of likely N-dealkylation sites (tertiary alicyclic amines) is 1. The monoisotopic (exact) mass is 228 g/mol. The molecule has 0 N–H and O–H groups in total. The third-order valence-corrected chi connectivity index (χ3v) is 3.09. The maximum absolute atomic E-state index is 12.5. The maximum Gasteiger partial charge on any atom is 0.482 e. The van der Waals surface area contributed by atoms with Gasteiger partial charge in [-0.25, -0.2) is 0 Å².